The van der Waals surface area contributed by atoms with Gasteiger partial charge in [0.05, 0.1) is 12.5 Å². The Morgan fingerprint density at radius 3 is 2.95 bits per heavy atom. The molecule has 112 valence electrons. The highest BCUT2D eigenvalue weighted by atomic mass is 35.5. The van der Waals surface area contributed by atoms with Gasteiger partial charge in [-0.05, 0) is 38.4 Å². The van der Waals surface area contributed by atoms with Gasteiger partial charge in [-0.1, -0.05) is 0 Å². The molecule has 20 heavy (non-hydrogen) atoms. The number of rotatable bonds is 4. The van der Waals surface area contributed by atoms with Crippen LogP contribution in [0.4, 0.5) is 10.1 Å². The first kappa shape index (κ1) is 16.7. The molecule has 0 radical (unpaired) electrons. The van der Waals surface area contributed by atoms with Gasteiger partial charge in [-0.15, -0.1) is 12.4 Å². The Morgan fingerprint density at radius 2 is 2.35 bits per heavy atom. The van der Waals surface area contributed by atoms with E-state index in [1.54, 1.807) is 13.0 Å². The van der Waals surface area contributed by atoms with Crippen LogP contribution >= 0.6 is 12.4 Å². The number of benzene rings is 1. The molecular weight excluding hydrogens is 283 g/mol. The van der Waals surface area contributed by atoms with Crippen LogP contribution in [0, 0.1) is 11.7 Å². The third-order valence-electron chi connectivity index (χ3n) is 3.17. The van der Waals surface area contributed by atoms with Gasteiger partial charge in [0.2, 0.25) is 5.91 Å². The molecule has 2 N–H and O–H groups in total. The van der Waals surface area contributed by atoms with E-state index in [9.17, 15) is 9.18 Å². The van der Waals surface area contributed by atoms with Gasteiger partial charge in [-0.3, -0.25) is 4.79 Å². The van der Waals surface area contributed by atoms with E-state index in [1.807, 2.05) is 0 Å². The van der Waals surface area contributed by atoms with Crippen molar-refractivity contribution in [3.63, 3.8) is 0 Å². The van der Waals surface area contributed by atoms with Gasteiger partial charge in [0.25, 0.3) is 0 Å². The molecule has 0 bridgehead atoms. The van der Waals surface area contributed by atoms with Crippen LogP contribution in [0.3, 0.4) is 0 Å². The monoisotopic (exact) mass is 302 g/mol. The SMILES string of the molecule is CCOc1ccc(NC(=O)C2CCCNC2)cc1F.Cl. The van der Waals surface area contributed by atoms with Crippen molar-refractivity contribution < 1.29 is 13.9 Å². The zero-order chi connectivity index (χ0) is 13.7. The molecule has 0 spiro atoms. The highest BCUT2D eigenvalue weighted by molar-refractivity contribution is 5.92. The van der Waals surface area contributed by atoms with Crippen molar-refractivity contribution >= 4 is 24.0 Å². The summed E-state index contributed by atoms with van der Waals surface area (Å²) in [6.07, 6.45) is 1.87. The minimum atomic E-state index is -0.457. The number of nitrogens with one attached hydrogen (secondary N) is 2. The van der Waals surface area contributed by atoms with Crippen LogP contribution in [-0.2, 0) is 4.79 Å². The molecule has 0 saturated carbocycles. The second-order valence-electron chi connectivity index (χ2n) is 4.61. The second-order valence-corrected chi connectivity index (χ2v) is 4.61. The van der Waals surface area contributed by atoms with E-state index in [1.165, 1.54) is 12.1 Å². The number of anilines is 1. The summed E-state index contributed by atoms with van der Waals surface area (Å²) >= 11 is 0. The molecule has 4 nitrogen and oxygen atoms in total. The van der Waals surface area contributed by atoms with Crippen molar-refractivity contribution in [3.05, 3.63) is 24.0 Å². The number of amides is 1. The molecule has 6 heteroatoms. The van der Waals surface area contributed by atoms with E-state index >= 15 is 0 Å². The number of carbonyl (C=O) groups excluding carboxylic acids is 1. The van der Waals surface area contributed by atoms with E-state index in [0.717, 1.165) is 19.4 Å². The average Bonchev–Trinajstić information content (AvgIpc) is 2.43. The molecule has 1 amide bonds. The summed E-state index contributed by atoms with van der Waals surface area (Å²) in [7, 11) is 0. The van der Waals surface area contributed by atoms with E-state index in [0.29, 0.717) is 18.8 Å². The quantitative estimate of drug-likeness (QED) is 0.899. The van der Waals surface area contributed by atoms with E-state index in [-0.39, 0.29) is 30.0 Å². The lowest BCUT2D eigenvalue weighted by Crippen LogP contribution is -2.37. The normalized spacial score (nSPS) is 18.0. The fraction of sp³-hybridized carbons (Fsp3) is 0.500. The summed E-state index contributed by atoms with van der Waals surface area (Å²) in [5, 5.41) is 5.93. The first-order valence-corrected chi connectivity index (χ1v) is 6.64. The van der Waals surface area contributed by atoms with Crippen molar-refractivity contribution in [3.8, 4) is 5.75 Å². The van der Waals surface area contributed by atoms with Crippen molar-refractivity contribution in [2.45, 2.75) is 19.8 Å². The van der Waals surface area contributed by atoms with Gasteiger partial charge >= 0.3 is 0 Å². The Morgan fingerprint density at radius 1 is 1.55 bits per heavy atom. The summed E-state index contributed by atoms with van der Waals surface area (Å²) in [4.78, 5) is 12.0. The molecule has 0 aromatic heterocycles. The van der Waals surface area contributed by atoms with Gasteiger partial charge < -0.3 is 15.4 Å². The van der Waals surface area contributed by atoms with E-state index < -0.39 is 5.82 Å². The molecule has 2 rings (SSSR count). The lowest BCUT2D eigenvalue weighted by Gasteiger charge is -2.22. The summed E-state index contributed by atoms with van der Waals surface area (Å²) in [6, 6.07) is 4.48. The second kappa shape index (κ2) is 8.07. The Bertz CT molecular complexity index is 451. The number of hydrogen-bond donors (Lipinski definition) is 2. The topological polar surface area (TPSA) is 50.4 Å². The molecule has 1 unspecified atom stereocenters. The van der Waals surface area contributed by atoms with Crippen LogP contribution in [-0.4, -0.2) is 25.6 Å². The molecule has 1 aromatic rings. The average molecular weight is 303 g/mol. The Labute approximate surface area is 124 Å². The Balaban J connectivity index is 0.00000200. The van der Waals surface area contributed by atoms with Crippen molar-refractivity contribution in [2.24, 2.45) is 5.92 Å². The number of piperidine rings is 1. The largest absolute Gasteiger partial charge is 0.491 e. The summed E-state index contributed by atoms with van der Waals surface area (Å²) in [6.45, 7) is 3.86. The molecule has 1 heterocycles. The van der Waals surface area contributed by atoms with Crippen molar-refractivity contribution in [2.75, 3.05) is 25.0 Å². The van der Waals surface area contributed by atoms with Gasteiger partial charge in [0.1, 0.15) is 0 Å². The highest BCUT2D eigenvalue weighted by Gasteiger charge is 2.21. The number of carbonyl (C=O) groups is 1. The van der Waals surface area contributed by atoms with Gasteiger partial charge in [0, 0.05) is 18.3 Å². The maximum absolute atomic E-state index is 13.6. The third kappa shape index (κ3) is 4.35. The zero-order valence-corrected chi connectivity index (χ0v) is 12.3. The fourth-order valence-corrected chi connectivity index (χ4v) is 2.17. The lowest BCUT2D eigenvalue weighted by molar-refractivity contribution is -0.120. The van der Waals surface area contributed by atoms with Crippen LogP contribution in [0.5, 0.6) is 5.75 Å². The third-order valence-corrected chi connectivity index (χ3v) is 3.17. The van der Waals surface area contributed by atoms with Crippen LogP contribution < -0.4 is 15.4 Å². The lowest BCUT2D eigenvalue weighted by atomic mass is 9.99. The predicted octanol–water partition coefficient (Wildman–Crippen LogP) is 2.58. The minimum absolute atomic E-state index is 0. The fourth-order valence-electron chi connectivity index (χ4n) is 2.17. The Hall–Kier alpha value is -1.33. The van der Waals surface area contributed by atoms with Crippen LogP contribution in [0.1, 0.15) is 19.8 Å². The molecule has 0 aliphatic carbocycles. The van der Waals surface area contributed by atoms with Crippen LogP contribution in [0.25, 0.3) is 0 Å². The van der Waals surface area contributed by atoms with Gasteiger partial charge in [-0.25, -0.2) is 4.39 Å². The highest BCUT2D eigenvalue weighted by Crippen LogP contribution is 2.22. The van der Waals surface area contributed by atoms with E-state index in [2.05, 4.69) is 10.6 Å². The van der Waals surface area contributed by atoms with Crippen molar-refractivity contribution in [1.29, 1.82) is 0 Å². The number of halogens is 2. The molecule has 1 fully saturated rings. The van der Waals surface area contributed by atoms with Gasteiger partial charge in [-0.2, -0.15) is 0 Å². The molecular formula is C14H20ClFN2O2. The summed E-state index contributed by atoms with van der Waals surface area (Å²) in [5.74, 6) is -0.347. The summed E-state index contributed by atoms with van der Waals surface area (Å²) < 4.78 is 18.8. The van der Waals surface area contributed by atoms with Crippen LogP contribution in [0.2, 0.25) is 0 Å². The standard InChI is InChI=1S/C14H19FN2O2.ClH/c1-2-19-13-6-5-11(8-12(13)15)17-14(18)10-4-3-7-16-9-10;/h5-6,8,10,16H,2-4,7,9H2,1H3,(H,17,18);1H. The predicted molar refractivity (Wildman–Crippen MR) is 79.0 cm³/mol. The molecule has 1 aliphatic heterocycles. The molecule has 1 aliphatic rings. The van der Waals surface area contributed by atoms with Crippen molar-refractivity contribution in [1.82, 2.24) is 5.32 Å². The maximum Gasteiger partial charge on any atom is 0.228 e. The summed E-state index contributed by atoms with van der Waals surface area (Å²) in [5.41, 5.74) is 0.469. The maximum atomic E-state index is 13.6. The molecule has 1 aromatic carbocycles. The number of hydrogen-bond acceptors (Lipinski definition) is 3. The molecule has 1 saturated heterocycles. The Kier molecular flexibility index (Phi) is 6.75. The molecule has 1 atom stereocenters. The first-order valence-electron chi connectivity index (χ1n) is 6.64. The minimum Gasteiger partial charge on any atom is -0.491 e. The first-order chi connectivity index (χ1) is 9.20. The van der Waals surface area contributed by atoms with E-state index in [4.69, 9.17) is 4.74 Å². The van der Waals surface area contributed by atoms with Crippen LogP contribution in [0.15, 0.2) is 18.2 Å². The van der Waals surface area contributed by atoms with Gasteiger partial charge in [0.15, 0.2) is 11.6 Å². The zero-order valence-electron chi connectivity index (χ0n) is 11.4. The smallest absolute Gasteiger partial charge is 0.228 e. The number of ether oxygens (including phenoxy) is 1.